The van der Waals surface area contributed by atoms with Crippen LogP contribution >= 0.6 is 15.9 Å². The minimum atomic E-state index is -0.706. The Labute approximate surface area is 122 Å². The molecule has 3 rings (SSSR count). The molecule has 1 aromatic carbocycles. The van der Waals surface area contributed by atoms with E-state index < -0.39 is 11.6 Å². The minimum Gasteiger partial charge on any atom is -0.384 e. The topological polar surface area (TPSA) is 63.8 Å². The molecule has 0 unspecified atom stereocenters. The number of nitrogens with one attached hydrogen (secondary N) is 1. The van der Waals surface area contributed by atoms with Gasteiger partial charge < -0.3 is 11.1 Å². The number of benzene rings is 1. The van der Waals surface area contributed by atoms with Gasteiger partial charge in [-0.1, -0.05) is 15.9 Å². The second-order valence-corrected chi connectivity index (χ2v) is 5.60. The molecule has 2 aromatic rings. The van der Waals surface area contributed by atoms with Crippen molar-refractivity contribution in [3.8, 4) is 0 Å². The first-order chi connectivity index (χ1) is 9.52. The van der Waals surface area contributed by atoms with E-state index in [9.17, 15) is 8.78 Å². The van der Waals surface area contributed by atoms with E-state index in [1.807, 2.05) is 0 Å². The summed E-state index contributed by atoms with van der Waals surface area (Å²) in [5.74, 6) is 0.0787. The van der Waals surface area contributed by atoms with E-state index in [0.29, 0.717) is 22.0 Å². The molecule has 3 N–H and O–H groups in total. The van der Waals surface area contributed by atoms with Crippen LogP contribution in [0.25, 0.3) is 0 Å². The molecule has 1 aliphatic rings. The first-order valence-electron chi connectivity index (χ1n) is 6.09. The van der Waals surface area contributed by atoms with Crippen LogP contribution < -0.4 is 11.1 Å². The van der Waals surface area contributed by atoms with E-state index in [1.54, 1.807) is 0 Å². The molecule has 0 amide bonds. The SMILES string of the molecule is Nc1cc(Nc2c(F)cc(Br)cc2F)nc(C2CC2)n1. The molecule has 104 valence electrons. The van der Waals surface area contributed by atoms with Gasteiger partial charge in [-0.2, -0.15) is 0 Å². The van der Waals surface area contributed by atoms with Crippen LogP contribution in [0.1, 0.15) is 24.6 Å². The number of nitrogens with zero attached hydrogens (tertiary/aromatic N) is 2. The maximum Gasteiger partial charge on any atom is 0.150 e. The van der Waals surface area contributed by atoms with E-state index in [4.69, 9.17) is 5.73 Å². The first-order valence-corrected chi connectivity index (χ1v) is 6.88. The van der Waals surface area contributed by atoms with Crippen molar-refractivity contribution in [2.75, 3.05) is 11.1 Å². The predicted octanol–water partition coefficient (Wildman–Crippen LogP) is 3.72. The standard InChI is InChI=1S/C13H11BrF2N4/c14-7-3-8(15)12(9(16)4-7)19-11-5-10(17)18-13(20-11)6-1-2-6/h3-6H,1-2H2,(H3,17,18,19,20). The average Bonchev–Trinajstić information content (AvgIpc) is 3.17. The van der Waals surface area contributed by atoms with Crippen molar-refractivity contribution in [3.63, 3.8) is 0 Å². The zero-order valence-electron chi connectivity index (χ0n) is 10.3. The van der Waals surface area contributed by atoms with Gasteiger partial charge in [-0.15, -0.1) is 0 Å². The molecule has 0 radical (unpaired) electrons. The van der Waals surface area contributed by atoms with Crippen LogP contribution in [0.3, 0.4) is 0 Å². The molecule has 0 aliphatic heterocycles. The third kappa shape index (κ3) is 2.72. The van der Waals surface area contributed by atoms with Crippen molar-refractivity contribution < 1.29 is 8.78 Å². The quantitative estimate of drug-likeness (QED) is 0.893. The van der Waals surface area contributed by atoms with E-state index in [-0.39, 0.29) is 11.5 Å². The molecule has 1 saturated carbocycles. The molecule has 0 atom stereocenters. The number of hydrogen-bond acceptors (Lipinski definition) is 4. The lowest BCUT2D eigenvalue weighted by Crippen LogP contribution is -2.05. The van der Waals surface area contributed by atoms with Crippen molar-refractivity contribution >= 4 is 33.3 Å². The predicted molar refractivity (Wildman–Crippen MR) is 75.8 cm³/mol. The zero-order valence-corrected chi connectivity index (χ0v) is 11.9. The molecule has 0 spiro atoms. The molecule has 0 bridgehead atoms. The molecule has 7 heteroatoms. The van der Waals surface area contributed by atoms with E-state index in [1.165, 1.54) is 18.2 Å². The van der Waals surface area contributed by atoms with Gasteiger partial charge in [0, 0.05) is 16.5 Å². The van der Waals surface area contributed by atoms with Gasteiger partial charge in [-0.3, -0.25) is 0 Å². The zero-order chi connectivity index (χ0) is 14.3. The van der Waals surface area contributed by atoms with Crippen LogP contribution in [-0.2, 0) is 0 Å². The summed E-state index contributed by atoms with van der Waals surface area (Å²) in [6.45, 7) is 0. The lowest BCUT2D eigenvalue weighted by Gasteiger charge is -2.10. The number of nitrogen functional groups attached to an aromatic ring is 1. The summed E-state index contributed by atoms with van der Waals surface area (Å²) >= 11 is 3.03. The Morgan fingerprint density at radius 3 is 2.40 bits per heavy atom. The molecule has 0 saturated heterocycles. The smallest absolute Gasteiger partial charge is 0.150 e. The molecule has 1 aromatic heterocycles. The molecular weight excluding hydrogens is 330 g/mol. The van der Waals surface area contributed by atoms with Crippen LogP contribution in [0.5, 0.6) is 0 Å². The number of anilines is 3. The third-order valence-corrected chi connectivity index (χ3v) is 3.42. The Kier molecular flexibility index (Phi) is 3.29. The molecule has 20 heavy (non-hydrogen) atoms. The van der Waals surface area contributed by atoms with Crippen LogP contribution in [0.2, 0.25) is 0 Å². The summed E-state index contributed by atoms with van der Waals surface area (Å²) in [6, 6.07) is 3.81. The van der Waals surface area contributed by atoms with Crippen molar-refractivity contribution in [1.29, 1.82) is 0 Å². The van der Waals surface area contributed by atoms with Gasteiger partial charge in [-0.05, 0) is 25.0 Å². The summed E-state index contributed by atoms with van der Waals surface area (Å²) in [7, 11) is 0. The Balaban J connectivity index is 1.95. The maximum absolute atomic E-state index is 13.8. The van der Waals surface area contributed by atoms with Crippen molar-refractivity contribution in [3.05, 3.63) is 40.1 Å². The van der Waals surface area contributed by atoms with Crippen molar-refractivity contribution in [1.82, 2.24) is 9.97 Å². The normalized spacial score (nSPS) is 14.3. The van der Waals surface area contributed by atoms with Crippen LogP contribution in [0, 0.1) is 11.6 Å². The highest BCUT2D eigenvalue weighted by atomic mass is 79.9. The molecule has 4 nitrogen and oxygen atoms in total. The minimum absolute atomic E-state index is 0.256. The van der Waals surface area contributed by atoms with E-state index >= 15 is 0 Å². The van der Waals surface area contributed by atoms with Crippen LogP contribution in [0.4, 0.5) is 26.1 Å². The van der Waals surface area contributed by atoms with Gasteiger partial charge in [0.15, 0.2) is 11.6 Å². The Bertz CT molecular complexity index is 650. The lowest BCUT2D eigenvalue weighted by molar-refractivity contribution is 0.589. The first kappa shape index (κ1) is 13.2. The average molecular weight is 341 g/mol. The number of hydrogen-bond donors (Lipinski definition) is 2. The lowest BCUT2D eigenvalue weighted by atomic mass is 10.3. The molecule has 1 fully saturated rings. The summed E-state index contributed by atoms with van der Waals surface area (Å²) in [5.41, 5.74) is 5.44. The summed E-state index contributed by atoms with van der Waals surface area (Å²) in [6.07, 6.45) is 2.04. The van der Waals surface area contributed by atoms with Crippen LogP contribution in [-0.4, -0.2) is 9.97 Å². The molecule has 1 aliphatic carbocycles. The summed E-state index contributed by atoms with van der Waals surface area (Å²) in [4.78, 5) is 8.38. The second-order valence-electron chi connectivity index (χ2n) is 4.68. The summed E-state index contributed by atoms with van der Waals surface area (Å²) in [5, 5.41) is 2.63. The number of aromatic nitrogens is 2. The third-order valence-electron chi connectivity index (χ3n) is 2.97. The fourth-order valence-electron chi connectivity index (χ4n) is 1.86. The van der Waals surface area contributed by atoms with Gasteiger partial charge in [0.1, 0.15) is 23.1 Å². The van der Waals surface area contributed by atoms with Gasteiger partial charge in [0.05, 0.1) is 0 Å². The Hall–Kier alpha value is -1.76. The fourth-order valence-corrected chi connectivity index (χ4v) is 2.27. The maximum atomic E-state index is 13.8. The fraction of sp³-hybridized carbons (Fsp3) is 0.231. The molecule has 1 heterocycles. The Morgan fingerprint density at radius 2 is 1.80 bits per heavy atom. The van der Waals surface area contributed by atoms with Crippen LogP contribution in [0.15, 0.2) is 22.7 Å². The highest BCUT2D eigenvalue weighted by Gasteiger charge is 2.27. The number of halogens is 3. The number of nitrogens with two attached hydrogens (primary N) is 1. The van der Waals surface area contributed by atoms with Crippen molar-refractivity contribution in [2.24, 2.45) is 0 Å². The van der Waals surface area contributed by atoms with Gasteiger partial charge in [0.2, 0.25) is 0 Å². The van der Waals surface area contributed by atoms with Gasteiger partial charge in [-0.25, -0.2) is 18.7 Å². The monoisotopic (exact) mass is 340 g/mol. The number of rotatable bonds is 3. The van der Waals surface area contributed by atoms with Gasteiger partial charge >= 0.3 is 0 Å². The van der Waals surface area contributed by atoms with E-state index in [0.717, 1.165) is 12.8 Å². The largest absolute Gasteiger partial charge is 0.384 e. The summed E-state index contributed by atoms with van der Waals surface area (Å²) < 4.78 is 27.9. The second kappa shape index (κ2) is 4.97. The highest BCUT2D eigenvalue weighted by Crippen LogP contribution is 2.39. The molecular formula is C13H11BrF2N4. The van der Waals surface area contributed by atoms with E-state index in [2.05, 4.69) is 31.2 Å². The highest BCUT2D eigenvalue weighted by molar-refractivity contribution is 9.10. The Morgan fingerprint density at radius 1 is 1.15 bits per heavy atom. The van der Waals surface area contributed by atoms with Crippen molar-refractivity contribution in [2.45, 2.75) is 18.8 Å². The van der Waals surface area contributed by atoms with Gasteiger partial charge in [0.25, 0.3) is 0 Å².